The molecule has 1 amide bonds. The number of carbonyl (C=O) groups excluding carboxylic acids is 2. The Morgan fingerprint density at radius 2 is 1.85 bits per heavy atom. The van der Waals surface area contributed by atoms with Crippen molar-refractivity contribution in [3.05, 3.63) is 63.8 Å². The van der Waals surface area contributed by atoms with Gasteiger partial charge in [0.15, 0.2) is 0 Å². The van der Waals surface area contributed by atoms with Gasteiger partial charge in [0.25, 0.3) is 5.91 Å². The summed E-state index contributed by atoms with van der Waals surface area (Å²) in [6.07, 6.45) is 0.194. The first-order valence-electron chi connectivity index (χ1n) is 11.0. The molecular formula is C25H28BrN3O4. The predicted molar refractivity (Wildman–Crippen MR) is 131 cm³/mol. The molecule has 2 aromatic carbocycles. The first-order chi connectivity index (χ1) is 16.0. The molecule has 1 aliphatic rings. The molecule has 33 heavy (non-hydrogen) atoms. The summed E-state index contributed by atoms with van der Waals surface area (Å²) in [5.41, 5.74) is 2.93. The molecule has 1 aliphatic heterocycles. The van der Waals surface area contributed by atoms with E-state index in [1.165, 1.54) is 0 Å². The van der Waals surface area contributed by atoms with E-state index < -0.39 is 0 Å². The third kappa shape index (κ3) is 5.29. The Morgan fingerprint density at radius 3 is 2.55 bits per heavy atom. The zero-order valence-corrected chi connectivity index (χ0v) is 20.5. The van der Waals surface area contributed by atoms with E-state index in [0.717, 1.165) is 59.5 Å². The number of hydrogen-bond donors (Lipinski definition) is 1. The smallest absolute Gasteiger partial charge is 0.262 e. The SMILES string of the molecule is COc1ccc2c(c1)c(CC(=O)NCCN1CCOCC1)c(C)n2C(=O)c1ccc(Br)cc1. The van der Waals surface area contributed by atoms with E-state index in [4.69, 9.17) is 9.47 Å². The van der Waals surface area contributed by atoms with Crippen LogP contribution >= 0.6 is 15.9 Å². The van der Waals surface area contributed by atoms with Crippen LogP contribution in [0.1, 0.15) is 21.6 Å². The second-order valence-electron chi connectivity index (χ2n) is 8.08. The van der Waals surface area contributed by atoms with Gasteiger partial charge in [-0.2, -0.15) is 0 Å². The van der Waals surface area contributed by atoms with Crippen molar-refractivity contribution in [2.75, 3.05) is 46.5 Å². The van der Waals surface area contributed by atoms with E-state index in [1.54, 1.807) is 23.8 Å². The zero-order valence-electron chi connectivity index (χ0n) is 18.9. The van der Waals surface area contributed by atoms with Crippen molar-refractivity contribution in [3.63, 3.8) is 0 Å². The number of amides is 1. The molecule has 174 valence electrons. The highest BCUT2D eigenvalue weighted by molar-refractivity contribution is 9.10. The quantitative estimate of drug-likeness (QED) is 0.524. The molecule has 0 aliphatic carbocycles. The molecule has 0 saturated carbocycles. The molecule has 7 nitrogen and oxygen atoms in total. The lowest BCUT2D eigenvalue weighted by Crippen LogP contribution is -2.41. The van der Waals surface area contributed by atoms with Crippen molar-refractivity contribution >= 4 is 38.6 Å². The molecule has 3 aromatic rings. The Morgan fingerprint density at radius 1 is 1.12 bits per heavy atom. The maximum Gasteiger partial charge on any atom is 0.262 e. The van der Waals surface area contributed by atoms with E-state index in [1.807, 2.05) is 37.3 Å². The zero-order chi connectivity index (χ0) is 23.4. The van der Waals surface area contributed by atoms with Crippen LogP contribution in [0.3, 0.4) is 0 Å². The monoisotopic (exact) mass is 513 g/mol. The van der Waals surface area contributed by atoms with Gasteiger partial charge in [0.1, 0.15) is 5.75 Å². The van der Waals surface area contributed by atoms with Crippen LogP contribution in [0.25, 0.3) is 10.9 Å². The summed E-state index contributed by atoms with van der Waals surface area (Å²) in [7, 11) is 1.61. The van der Waals surface area contributed by atoms with Crippen LogP contribution in [0.5, 0.6) is 5.75 Å². The van der Waals surface area contributed by atoms with Gasteiger partial charge in [-0.1, -0.05) is 15.9 Å². The van der Waals surface area contributed by atoms with Crippen LogP contribution in [0, 0.1) is 6.92 Å². The van der Waals surface area contributed by atoms with E-state index in [-0.39, 0.29) is 18.2 Å². The van der Waals surface area contributed by atoms with E-state index in [2.05, 4.69) is 26.1 Å². The number of hydrogen-bond acceptors (Lipinski definition) is 5. The average Bonchev–Trinajstić information content (AvgIpc) is 3.10. The van der Waals surface area contributed by atoms with Gasteiger partial charge >= 0.3 is 0 Å². The van der Waals surface area contributed by atoms with Gasteiger partial charge < -0.3 is 14.8 Å². The molecule has 2 heterocycles. The molecule has 1 aromatic heterocycles. The Kier molecular flexibility index (Phi) is 7.47. The Labute approximate surface area is 201 Å². The number of benzene rings is 2. The van der Waals surface area contributed by atoms with Gasteiger partial charge in [-0.25, -0.2) is 0 Å². The van der Waals surface area contributed by atoms with Gasteiger partial charge in [-0.15, -0.1) is 0 Å². The van der Waals surface area contributed by atoms with Crippen molar-refractivity contribution in [1.82, 2.24) is 14.8 Å². The highest BCUT2D eigenvalue weighted by atomic mass is 79.9. The Hall–Kier alpha value is -2.68. The number of halogens is 1. The summed E-state index contributed by atoms with van der Waals surface area (Å²) in [6, 6.07) is 12.9. The second-order valence-corrected chi connectivity index (χ2v) is 8.99. The predicted octanol–water partition coefficient (Wildman–Crippen LogP) is 3.40. The largest absolute Gasteiger partial charge is 0.497 e. The summed E-state index contributed by atoms with van der Waals surface area (Å²) in [4.78, 5) is 28.5. The fourth-order valence-electron chi connectivity index (χ4n) is 4.20. The molecule has 8 heteroatoms. The first-order valence-corrected chi connectivity index (χ1v) is 11.8. The number of nitrogens with one attached hydrogen (secondary N) is 1. The summed E-state index contributed by atoms with van der Waals surface area (Å²) in [5.74, 6) is 0.489. The standard InChI is InChI=1S/C25H28BrN3O4/c1-17-21(16-24(30)27-9-10-28-11-13-33-14-12-28)22-15-20(32-2)7-8-23(22)29(17)25(31)18-3-5-19(26)6-4-18/h3-8,15H,9-14,16H2,1-2H3,(H,27,30). The number of methoxy groups -OCH3 is 1. The number of ether oxygens (including phenoxy) is 2. The molecule has 0 atom stereocenters. The molecule has 0 bridgehead atoms. The fraction of sp³-hybridized carbons (Fsp3) is 0.360. The summed E-state index contributed by atoms with van der Waals surface area (Å²) >= 11 is 3.41. The third-order valence-corrected chi connectivity index (χ3v) is 6.56. The van der Waals surface area contributed by atoms with Crippen molar-refractivity contribution in [1.29, 1.82) is 0 Å². The topological polar surface area (TPSA) is 72.8 Å². The fourth-order valence-corrected chi connectivity index (χ4v) is 4.46. The minimum atomic E-state index is -0.130. The van der Waals surface area contributed by atoms with Crippen molar-refractivity contribution in [2.45, 2.75) is 13.3 Å². The molecular weight excluding hydrogens is 486 g/mol. The van der Waals surface area contributed by atoms with Gasteiger partial charge in [0, 0.05) is 47.3 Å². The van der Waals surface area contributed by atoms with Crippen LogP contribution in [0.15, 0.2) is 46.9 Å². The maximum atomic E-state index is 13.4. The summed E-state index contributed by atoms with van der Waals surface area (Å²) < 4.78 is 13.4. The minimum absolute atomic E-state index is 0.0654. The number of fused-ring (bicyclic) bond motifs is 1. The van der Waals surface area contributed by atoms with E-state index in [0.29, 0.717) is 17.9 Å². The first kappa shape index (κ1) is 23.5. The maximum absolute atomic E-state index is 13.4. The average molecular weight is 514 g/mol. The van der Waals surface area contributed by atoms with Crippen LogP contribution in [-0.2, 0) is 16.0 Å². The van der Waals surface area contributed by atoms with Gasteiger partial charge in [-0.05, 0) is 55.0 Å². The molecule has 1 fully saturated rings. The van der Waals surface area contributed by atoms with Crippen LogP contribution in [-0.4, -0.2) is 67.8 Å². The lowest BCUT2D eigenvalue weighted by Gasteiger charge is -2.26. The molecule has 0 radical (unpaired) electrons. The van der Waals surface area contributed by atoms with Crippen LogP contribution in [0.2, 0.25) is 0 Å². The Bertz CT molecular complexity index is 1150. The van der Waals surface area contributed by atoms with Gasteiger partial charge in [0.05, 0.1) is 32.3 Å². The normalized spacial score (nSPS) is 14.4. The van der Waals surface area contributed by atoms with Crippen molar-refractivity contribution < 1.29 is 19.1 Å². The minimum Gasteiger partial charge on any atom is -0.497 e. The number of aromatic nitrogens is 1. The van der Waals surface area contributed by atoms with Crippen molar-refractivity contribution in [2.24, 2.45) is 0 Å². The molecule has 1 saturated heterocycles. The highest BCUT2D eigenvalue weighted by Gasteiger charge is 2.22. The summed E-state index contributed by atoms with van der Waals surface area (Å²) in [6.45, 7) is 6.52. The van der Waals surface area contributed by atoms with E-state index in [9.17, 15) is 9.59 Å². The van der Waals surface area contributed by atoms with Crippen LogP contribution in [0.4, 0.5) is 0 Å². The molecule has 1 N–H and O–H groups in total. The number of nitrogens with zero attached hydrogens (tertiary/aromatic N) is 2. The number of rotatable bonds is 7. The third-order valence-electron chi connectivity index (χ3n) is 6.03. The lowest BCUT2D eigenvalue weighted by molar-refractivity contribution is -0.120. The number of carbonyl (C=O) groups is 2. The van der Waals surface area contributed by atoms with Gasteiger partial charge in [0.2, 0.25) is 5.91 Å². The van der Waals surface area contributed by atoms with Crippen molar-refractivity contribution in [3.8, 4) is 5.75 Å². The Balaban J connectivity index is 1.58. The molecule has 0 spiro atoms. The van der Waals surface area contributed by atoms with E-state index >= 15 is 0 Å². The number of morpholine rings is 1. The highest BCUT2D eigenvalue weighted by Crippen LogP contribution is 2.30. The van der Waals surface area contributed by atoms with Gasteiger partial charge in [-0.3, -0.25) is 19.1 Å². The molecule has 4 rings (SSSR count). The molecule has 0 unspecified atom stereocenters. The lowest BCUT2D eigenvalue weighted by atomic mass is 10.1. The van der Waals surface area contributed by atoms with Crippen LogP contribution < -0.4 is 10.1 Å². The summed E-state index contributed by atoms with van der Waals surface area (Å²) in [5, 5.41) is 3.87. The second kappa shape index (κ2) is 10.5.